The Bertz CT molecular complexity index is 1280. The third-order valence-corrected chi connectivity index (χ3v) is 7.70. The van der Waals surface area contributed by atoms with Crippen LogP contribution in [-0.4, -0.2) is 63.0 Å². The Balaban J connectivity index is 1.19. The third-order valence-electron chi connectivity index (χ3n) is 7.70. The predicted octanol–water partition coefficient (Wildman–Crippen LogP) is 2.38. The average molecular weight is 485 g/mol. The molecule has 2 aromatic heterocycles. The minimum absolute atomic E-state index is 0.0506. The van der Waals surface area contributed by atoms with Crippen molar-refractivity contribution in [2.24, 2.45) is 25.9 Å². The molecular weight excluding hydrogens is 451 g/mol. The van der Waals surface area contributed by atoms with E-state index < -0.39 is 5.82 Å². The van der Waals surface area contributed by atoms with Crippen LogP contribution >= 0.6 is 0 Å². The molecule has 2 aliphatic rings. The monoisotopic (exact) mass is 484 g/mol. The maximum atomic E-state index is 14.2. The van der Waals surface area contributed by atoms with Gasteiger partial charge in [0.15, 0.2) is 11.6 Å². The second kappa shape index (κ2) is 9.39. The highest BCUT2D eigenvalue weighted by Crippen LogP contribution is 2.32. The van der Waals surface area contributed by atoms with E-state index >= 15 is 0 Å². The number of hydrogen-bond acceptors (Lipinski definition) is 5. The van der Waals surface area contributed by atoms with Gasteiger partial charge in [0.2, 0.25) is 5.91 Å². The van der Waals surface area contributed by atoms with Gasteiger partial charge in [-0.1, -0.05) is 0 Å². The van der Waals surface area contributed by atoms with Gasteiger partial charge in [-0.05, 0) is 31.6 Å². The highest BCUT2D eigenvalue weighted by atomic mass is 19.1. The highest BCUT2D eigenvalue weighted by Gasteiger charge is 2.32. The zero-order valence-electron chi connectivity index (χ0n) is 20.6. The molecule has 1 aliphatic heterocycles. The molecule has 1 saturated heterocycles. The highest BCUT2D eigenvalue weighted by molar-refractivity contribution is 5.79. The number of methoxy groups -OCH3 is 1. The first-order chi connectivity index (χ1) is 16.9. The fourth-order valence-electron chi connectivity index (χ4n) is 5.60. The fraction of sp³-hybridized carbons (Fsp3) is 0.560. The molecule has 0 N–H and O–H groups in total. The lowest BCUT2D eigenvalue weighted by Gasteiger charge is -2.38. The number of amides is 1. The molecule has 2 fully saturated rings. The van der Waals surface area contributed by atoms with E-state index in [4.69, 9.17) is 4.74 Å². The third kappa shape index (κ3) is 4.41. The van der Waals surface area contributed by atoms with Crippen molar-refractivity contribution < 1.29 is 13.9 Å². The number of halogens is 1. The lowest BCUT2D eigenvalue weighted by molar-refractivity contribution is -0.137. The molecule has 1 aromatic carbocycles. The summed E-state index contributed by atoms with van der Waals surface area (Å²) in [6.07, 6.45) is 7.34. The second-order valence-electron chi connectivity index (χ2n) is 9.83. The number of ether oxygens (including phenoxy) is 1. The van der Waals surface area contributed by atoms with Gasteiger partial charge in [0.25, 0.3) is 0 Å². The van der Waals surface area contributed by atoms with Gasteiger partial charge >= 0.3 is 5.69 Å². The number of carbonyl (C=O) groups excluding carboxylic acids is 1. The molecular formula is C25H33FN6O3. The van der Waals surface area contributed by atoms with Gasteiger partial charge in [0.1, 0.15) is 0 Å². The van der Waals surface area contributed by atoms with Crippen LogP contribution in [0.25, 0.3) is 11.0 Å². The number of benzene rings is 1. The predicted molar refractivity (Wildman–Crippen MR) is 131 cm³/mol. The molecule has 3 heterocycles. The molecule has 0 bridgehead atoms. The van der Waals surface area contributed by atoms with Gasteiger partial charge in [-0.15, -0.1) is 0 Å². The van der Waals surface area contributed by atoms with Crippen molar-refractivity contribution in [2.45, 2.75) is 32.2 Å². The Morgan fingerprint density at radius 1 is 1.09 bits per heavy atom. The first kappa shape index (κ1) is 23.4. The molecule has 9 nitrogen and oxygen atoms in total. The number of nitrogens with zero attached hydrogens (tertiary/aromatic N) is 6. The number of aromatic nitrogens is 4. The van der Waals surface area contributed by atoms with Crippen molar-refractivity contribution in [1.82, 2.24) is 23.8 Å². The van der Waals surface area contributed by atoms with Gasteiger partial charge in [0.05, 0.1) is 30.0 Å². The normalized spacial score (nSPS) is 21.0. The average Bonchev–Trinajstić information content (AvgIpc) is 3.41. The van der Waals surface area contributed by atoms with E-state index in [0.29, 0.717) is 23.5 Å². The van der Waals surface area contributed by atoms with Crippen molar-refractivity contribution in [3.63, 3.8) is 0 Å². The summed E-state index contributed by atoms with van der Waals surface area (Å²) in [5, 5.41) is 4.24. The number of imidazole rings is 1. The summed E-state index contributed by atoms with van der Waals surface area (Å²) in [6, 6.07) is 2.96. The van der Waals surface area contributed by atoms with Crippen molar-refractivity contribution >= 4 is 22.6 Å². The Labute approximate surface area is 203 Å². The number of fused-ring (bicyclic) bond motifs is 1. The molecule has 3 aromatic rings. The van der Waals surface area contributed by atoms with E-state index in [9.17, 15) is 14.0 Å². The summed E-state index contributed by atoms with van der Waals surface area (Å²) in [7, 11) is 5.00. The minimum atomic E-state index is -0.479. The van der Waals surface area contributed by atoms with Crippen molar-refractivity contribution in [1.29, 1.82) is 0 Å². The number of rotatable bonds is 5. The van der Waals surface area contributed by atoms with Crippen LogP contribution in [0.5, 0.6) is 5.75 Å². The Morgan fingerprint density at radius 3 is 2.43 bits per heavy atom. The van der Waals surface area contributed by atoms with E-state index in [0.717, 1.165) is 57.5 Å². The molecule has 1 amide bonds. The summed E-state index contributed by atoms with van der Waals surface area (Å²) in [4.78, 5) is 30.3. The van der Waals surface area contributed by atoms with Crippen LogP contribution in [0.1, 0.15) is 25.7 Å². The molecule has 188 valence electrons. The second-order valence-corrected chi connectivity index (χ2v) is 9.83. The number of anilines is 1. The van der Waals surface area contributed by atoms with Gasteiger partial charge in [-0.3, -0.25) is 18.6 Å². The number of hydrogen-bond donors (Lipinski definition) is 0. The molecule has 35 heavy (non-hydrogen) atoms. The van der Waals surface area contributed by atoms with E-state index in [1.54, 1.807) is 22.4 Å². The SMILES string of the molecule is COc1cc2c(cc1F)n(C)c(=O)n2C[C@H]1CC[C@H](C(=O)N2CCN(c3cnn(C)c3)CC2)CC1. The topological polar surface area (TPSA) is 77.5 Å². The minimum Gasteiger partial charge on any atom is -0.494 e. The van der Waals surface area contributed by atoms with Crippen molar-refractivity contribution in [3.8, 4) is 5.75 Å². The Hall–Kier alpha value is -3.30. The van der Waals surface area contributed by atoms with Crippen molar-refractivity contribution in [2.75, 3.05) is 38.2 Å². The first-order valence-electron chi connectivity index (χ1n) is 12.3. The molecule has 10 heteroatoms. The van der Waals surface area contributed by atoms with E-state index in [1.807, 2.05) is 24.3 Å². The molecule has 1 aliphatic carbocycles. The smallest absolute Gasteiger partial charge is 0.328 e. The Morgan fingerprint density at radius 2 is 1.80 bits per heavy atom. The fourth-order valence-corrected chi connectivity index (χ4v) is 5.60. The largest absolute Gasteiger partial charge is 0.494 e. The van der Waals surface area contributed by atoms with E-state index in [-0.39, 0.29) is 23.3 Å². The quantitative estimate of drug-likeness (QED) is 0.556. The van der Waals surface area contributed by atoms with Gasteiger partial charge in [0, 0.05) is 71.1 Å². The molecule has 0 radical (unpaired) electrons. The molecule has 5 rings (SSSR count). The molecule has 1 saturated carbocycles. The molecule has 0 spiro atoms. The molecule has 0 unspecified atom stereocenters. The Kier molecular flexibility index (Phi) is 6.29. The molecule has 0 atom stereocenters. The summed E-state index contributed by atoms with van der Waals surface area (Å²) in [6.45, 7) is 3.67. The summed E-state index contributed by atoms with van der Waals surface area (Å²) in [5.41, 5.74) is 2.18. The van der Waals surface area contributed by atoms with E-state index in [2.05, 4.69) is 10.00 Å². The maximum Gasteiger partial charge on any atom is 0.328 e. The summed E-state index contributed by atoms with van der Waals surface area (Å²) < 4.78 is 24.3. The maximum absolute atomic E-state index is 14.2. The lowest BCUT2D eigenvalue weighted by Crippen LogP contribution is -2.50. The summed E-state index contributed by atoms with van der Waals surface area (Å²) in [5.74, 6) is 0.273. The van der Waals surface area contributed by atoms with Crippen LogP contribution in [0.2, 0.25) is 0 Å². The number of aryl methyl sites for hydroxylation is 2. The zero-order chi connectivity index (χ0) is 24.7. The van der Waals surface area contributed by atoms with Gasteiger partial charge in [-0.25, -0.2) is 9.18 Å². The van der Waals surface area contributed by atoms with Crippen LogP contribution < -0.4 is 15.3 Å². The zero-order valence-corrected chi connectivity index (χ0v) is 20.6. The van der Waals surface area contributed by atoms with E-state index in [1.165, 1.54) is 17.7 Å². The van der Waals surface area contributed by atoms with Crippen LogP contribution in [0, 0.1) is 17.7 Å². The van der Waals surface area contributed by atoms with Gasteiger partial charge in [-0.2, -0.15) is 5.10 Å². The van der Waals surface area contributed by atoms with Gasteiger partial charge < -0.3 is 14.5 Å². The lowest BCUT2D eigenvalue weighted by atomic mass is 9.81. The van der Waals surface area contributed by atoms with Crippen molar-refractivity contribution in [3.05, 3.63) is 40.8 Å². The van der Waals surface area contributed by atoms with Crippen LogP contribution in [0.3, 0.4) is 0 Å². The summed E-state index contributed by atoms with van der Waals surface area (Å²) >= 11 is 0. The van der Waals surface area contributed by atoms with Crippen LogP contribution in [0.4, 0.5) is 10.1 Å². The first-order valence-corrected chi connectivity index (χ1v) is 12.3. The standard InChI is InChI=1S/C25H33FN6O3/c1-28-16-19(14-27-28)30-8-10-31(11-9-30)24(33)18-6-4-17(5-7-18)15-32-22-13-23(35-3)20(26)12-21(22)29(2)25(32)34/h12-14,16-18H,4-11,15H2,1-3H3/t17-,18-. The number of piperazine rings is 1. The van der Waals surface area contributed by atoms with Crippen LogP contribution in [-0.2, 0) is 25.4 Å². The number of carbonyl (C=O) groups is 1. The van der Waals surface area contributed by atoms with Crippen LogP contribution in [0.15, 0.2) is 29.3 Å².